The fourth-order valence-corrected chi connectivity index (χ4v) is 7.18. The molecule has 0 saturated carbocycles. The number of carbonyl (C=O) groups is 1. The number of allylic oxidation sites excluding steroid dienone is 5. The van der Waals surface area contributed by atoms with E-state index in [-0.39, 0.29) is 51.5 Å². The number of guanidine groups is 1. The zero-order valence-corrected chi connectivity index (χ0v) is 25.6. The molecule has 1 aromatic carbocycles. The Hall–Kier alpha value is -2.89. The van der Waals surface area contributed by atoms with Crippen LogP contribution in [0.1, 0.15) is 40.5 Å². The smallest absolute Gasteiger partial charge is 0.358 e. The summed E-state index contributed by atoms with van der Waals surface area (Å²) in [7, 11) is -7.51. The first kappa shape index (κ1) is 30.1. The van der Waals surface area contributed by atoms with Crippen molar-refractivity contribution in [1.29, 1.82) is 0 Å². The Bertz CT molecular complexity index is 1580. The normalized spacial score (nSPS) is 24.8. The van der Waals surface area contributed by atoms with Crippen LogP contribution in [0.2, 0.25) is 0 Å². The second kappa shape index (κ2) is 10.8. The van der Waals surface area contributed by atoms with Crippen molar-refractivity contribution in [2.75, 3.05) is 29.4 Å². The molecular formula is C27H34N4O6PS2+. The Morgan fingerprint density at radius 3 is 2.60 bits per heavy atom. The number of benzene rings is 1. The lowest BCUT2D eigenvalue weighted by atomic mass is 9.89. The molecule has 0 radical (unpaired) electrons. The Balaban J connectivity index is 1.85. The zero-order chi connectivity index (χ0) is 29.5. The third-order valence-electron chi connectivity index (χ3n) is 6.60. The van der Waals surface area contributed by atoms with Gasteiger partial charge in [-0.15, -0.1) is 4.76 Å². The number of quaternary nitrogens is 1. The van der Waals surface area contributed by atoms with E-state index < -0.39 is 17.5 Å². The molecule has 40 heavy (non-hydrogen) atoms. The summed E-state index contributed by atoms with van der Waals surface area (Å²) in [5.41, 5.74) is 1.56. The van der Waals surface area contributed by atoms with Crippen LogP contribution in [0.15, 0.2) is 70.4 Å². The summed E-state index contributed by atoms with van der Waals surface area (Å²) in [6.45, 7) is 8.29. The number of hydrogen-bond donors (Lipinski definition) is 3. The first-order chi connectivity index (χ1) is 18.6. The molecule has 1 aromatic rings. The van der Waals surface area contributed by atoms with E-state index in [0.29, 0.717) is 34.7 Å². The van der Waals surface area contributed by atoms with Gasteiger partial charge < -0.3 is 9.63 Å². The van der Waals surface area contributed by atoms with Crippen molar-refractivity contribution in [3.8, 4) is 0 Å². The van der Waals surface area contributed by atoms with Crippen LogP contribution in [0.5, 0.6) is 0 Å². The average molecular weight is 606 g/mol. The van der Waals surface area contributed by atoms with Crippen LogP contribution in [-0.2, 0) is 23.9 Å². The standard InChI is InChI=1S/C27H33N4O6PS2/c1-6-37-38(34)23-17-19(30-40(5,35)36)10-11-21(23)28-26(29-38)31(15-13-27(2,3)4)14-7-8-20(25(31)33)18-9-12-22(32)24(39)16-18/h7-12,14,17,30H,6,13,15-16H2,1-5H3,(H-,28,29,32,34)/p+1. The maximum atomic E-state index is 14.4. The number of nitrogens with one attached hydrogen (secondary N) is 2. The molecule has 2 atom stereocenters. The van der Waals surface area contributed by atoms with Gasteiger partial charge in [-0.3, -0.25) is 14.6 Å². The molecule has 214 valence electrons. The molecule has 2 unspecified atom stereocenters. The number of fused-ring (bicyclic) bond motifs is 1. The van der Waals surface area contributed by atoms with Crippen molar-refractivity contribution in [1.82, 2.24) is 0 Å². The monoisotopic (exact) mass is 605 g/mol. The summed E-state index contributed by atoms with van der Waals surface area (Å²) >= 11 is 5.29. The summed E-state index contributed by atoms with van der Waals surface area (Å²) in [5, 5.41) is 13.4. The summed E-state index contributed by atoms with van der Waals surface area (Å²) in [4.78, 5) is 14.7. The Labute approximate surface area is 240 Å². The van der Waals surface area contributed by atoms with Crippen LogP contribution < -0.4 is 15.3 Å². The van der Waals surface area contributed by atoms with Gasteiger partial charge in [0.25, 0.3) is 0 Å². The minimum absolute atomic E-state index is 0.00366. The molecular weight excluding hydrogens is 571 g/mol. The molecule has 1 aliphatic carbocycles. The number of hydrogen-bond acceptors (Lipinski definition) is 8. The lowest BCUT2D eigenvalue weighted by Gasteiger charge is -2.38. The summed E-state index contributed by atoms with van der Waals surface area (Å²) in [6, 6.07) is 4.57. The largest absolute Gasteiger partial charge is 0.507 e. The number of nitrogens with zero attached hydrogens (tertiary/aromatic N) is 2. The number of amides is 1. The number of thiocarbonyl (C=S) groups is 1. The summed E-state index contributed by atoms with van der Waals surface area (Å²) in [5.74, 6) is -0.144. The highest BCUT2D eigenvalue weighted by Crippen LogP contribution is 2.53. The van der Waals surface area contributed by atoms with Crippen LogP contribution in [0, 0.1) is 5.41 Å². The number of anilines is 2. The number of carbonyl (C=O) groups excluding carboxylic acids is 1. The number of rotatable bonds is 7. The number of sulfonamides is 1. The van der Waals surface area contributed by atoms with Crippen molar-refractivity contribution in [2.45, 2.75) is 40.5 Å². The van der Waals surface area contributed by atoms with E-state index in [2.05, 4.69) is 35.6 Å². The Kier molecular flexibility index (Phi) is 8.14. The third kappa shape index (κ3) is 6.21. The molecule has 2 heterocycles. The van der Waals surface area contributed by atoms with E-state index in [1.165, 1.54) is 18.2 Å². The van der Waals surface area contributed by atoms with Crippen molar-refractivity contribution in [2.24, 2.45) is 10.2 Å². The van der Waals surface area contributed by atoms with Gasteiger partial charge in [-0.2, -0.15) is 4.48 Å². The molecule has 0 spiro atoms. The van der Waals surface area contributed by atoms with Gasteiger partial charge in [0.05, 0.1) is 40.8 Å². The molecule has 2 aliphatic heterocycles. The van der Waals surface area contributed by atoms with Gasteiger partial charge in [0.2, 0.25) is 10.0 Å². The first-order valence-corrected chi connectivity index (χ1v) is 16.6. The molecule has 3 N–H and O–H groups in total. The van der Waals surface area contributed by atoms with E-state index in [4.69, 9.17) is 16.7 Å². The second-order valence-electron chi connectivity index (χ2n) is 11.1. The molecule has 0 fully saturated rings. The highest BCUT2D eigenvalue weighted by Gasteiger charge is 2.50. The fourth-order valence-electron chi connectivity index (χ4n) is 4.55. The average Bonchev–Trinajstić information content (AvgIpc) is 2.84. The molecule has 4 rings (SSSR count). The van der Waals surface area contributed by atoms with Crippen LogP contribution in [0.3, 0.4) is 0 Å². The van der Waals surface area contributed by atoms with E-state index in [0.717, 1.165) is 6.26 Å². The van der Waals surface area contributed by atoms with Crippen LogP contribution in [0.25, 0.3) is 0 Å². The molecule has 1 amide bonds. The molecule has 3 aliphatic rings. The number of aliphatic hydroxyl groups excluding tert-OH is 1. The van der Waals surface area contributed by atoms with Crippen molar-refractivity contribution < 1.29 is 31.9 Å². The minimum atomic E-state index is -3.93. The van der Waals surface area contributed by atoms with Crippen molar-refractivity contribution in [3.05, 3.63) is 65.6 Å². The van der Waals surface area contributed by atoms with Gasteiger partial charge in [-0.1, -0.05) is 39.1 Å². The highest BCUT2D eigenvalue weighted by molar-refractivity contribution is 7.92. The Morgan fingerprint density at radius 1 is 1.25 bits per heavy atom. The SMILES string of the molecule is CCOP1(=O)N=C([N+]2(CCC(C)(C)C)C=CC=C(C3=CC=C(O)C(=S)C3)C2=O)Nc2ccc(NS(C)(=O)=O)cc21. The lowest BCUT2D eigenvalue weighted by molar-refractivity contribution is -0.707. The predicted octanol–water partition coefficient (Wildman–Crippen LogP) is 5.07. The van der Waals surface area contributed by atoms with Gasteiger partial charge in [-0.05, 0) is 54.3 Å². The van der Waals surface area contributed by atoms with Crippen LogP contribution in [0.4, 0.5) is 11.4 Å². The van der Waals surface area contributed by atoms with Gasteiger partial charge in [-0.25, -0.2) is 13.2 Å². The van der Waals surface area contributed by atoms with Crippen LogP contribution in [-0.4, -0.2) is 54.1 Å². The topological polar surface area (TPSA) is 134 Å². The lowest BCUT2D eigenvalue weighted by Crippen LogP contribution is -2.59. The molecule has 10 nitrogen and oxygen atoms in total. The van der Waals surface area contributed by atoms with Gasteiger partial charge in [0, 0.05) is 18.5 Å². The zero-order valence-electron chi connectivity index (χ0n) is 23.1. The molecule has 0 bridgehead atoms. The van der Waals surface area contributed by atoms with E-state index >= 15 is 0 Å². The first-order valence-electron chi connectivity index (χ1n) is 12.8. The predicted molar refractivity (Wildman–Crippen MR) is 162 cm³/mol. The van der Waals surface area contributed by atoms with E-state index in [9.17, 15) is 22.9 Å². The van der Waals surface area contributed by atoms with Crippen molar-refractivity contribution in [3.63, 3.8) is 0 Å². The molecule has 0 aromatic heterocycles. The highest BCUT2D eigenvalue weighted by atomic mass is 32.2. The minimum Gasteiger partial charge on any atom is -0.507 e. The van der Waals surface area contributed by atoms with E-state index in [1.54, 1.807) is 37.4 Å². The summed E-state index contributed by atoms with van der Waals surface area (Å²) in [6.07, 6.45) is 10.2. The molecule has 13 heteroatoms. The van der Waals surface area contributed by atoms with E-state index in [1.807, 2.05) is 0 Å². The summed E-state index contributed by atoms with van der Waals surface area (Å²) < 4.78 is 50.2. The van der Waals surface area contributed by atoms with Crippen molar-refractivity contribution >= 4 is 63.2 Å². The fraction of sp³-hybridized carbons (Fsp3) is 0.370. The maximum Gasteiger partial charge on any atom is 0.358 e. The quantitative estimate of drug-likeness (QED) is 0.223. The van der Waals surface area contributed by atoms with Gasteiger partial charge in [0.1, 0.15) is 12.0 Å². The Morgan fingerprint density at radius 2 is 1.98 bits per heavy atom. The van der Waals surface area contributed by atoms with Gasteiger partial charge >= 0.3 is 19.4 Å². The van der Waals surface area contributed by atoms with Crippen LogP contribution >= 0.6 is 19.7 Å². The van der Waals surface area contributed by atoms with Gasteiger partial charge in [0.15, 0.2) is 0 Å². The number of aliphatic hydroxyl groups is 1. The third-order valence-corrected chi connectivity index (χ3v) is 9.60. The second-order valence-corrected chi connectivity index (χ2v) is 15.3. The maximum absolute atomic E-state index is 14.4. The molecule has 0 saturated heterocycles.